The predicted octanol–water partition coefficient (Wildman–Crippen LogP) is 5.41. The fourth-order valence-electron chi connectivity index (χ4n) is 5.36. The molecule has 0 radical (unpaired) electrons. The van der Waals surface area contributed by atoms with Gasteiger partial charge < -0.3 is 28.6 Å². The standard InChI is InChI=1S/C35H31Cl3N6O7/c1-20-14-22(18-45)16-44(33(20)47)35(32-40-28(41-51-32)11-4-21-2-7-25(36)8-3-21)49-27(23-5-9-26(37)10-6-23)15-29-39-30(50-42-29)17-43-13-12-24(19-46)31(38)34(43)48/h2-3,5-10,12-14,16,27,35,45-46H,4,11,15,17-19H2,1H3/t27-,35?/m0/s1. The van der Waals surface area contributed by atoms with Crippen LogP contribution in [0.5, 0.6) is 0 Å². The number of rotatable bonds is 14. The Balaban J connectivity index is 1.33. The van der Waals surface area contributed by atoms with Crippen molar-refractivity contribution in [2.45, 2.75) is 58.3 Å². The first-order valence-electron chi connectivity index (χ1n) is 15.7. The second-order valence-electron chi connectivity index (χ2n) is 11.7. The van der Waals surface area contributed by atoms with Gasteiger partial charge in [-0.3, -0.25) is 14.2 Å². The highest BCUT2D eigenvalue weighted by Crippen LogP contribution is 2.31. The summed E-state index contributed by atoms with van der Waals surface area (Å²) < 4.78 is 20.4. The second-order valence-corrected chi connectivity index (χ2v) is 12.9. The molecule has 2 N–H and O–H groups in total. The van der Waals surface area contributed by atoms with Gasteiger partial charge in [-0.1, -0.05) is 69.4 Å². The van der Waals surface area contributed by atoms with E-state index in [9.17, 15) is 19.8 Å². The number of aliphatic hydroxyl groups excluding tert-OH is 2. The zero-order valence-corrected chi connectivity index (χ0v) is 29.3. The first-order valence-corrected chi connectivity index (χ1v) is 16.9. The average Bonchev–Trinajstić information content (AvgIpc) is 3.79. The van der Waals surface area contributed by atoms with Crippen molar-refractivity contribution >= 4 is 34.8 Å². The van der Waals surface area contributed by atoms with E-state index < -0.39 is 23.5 Å². The molecule has 4 heterocycles. The van der Waals surface area contributed by atoms with Crippen LogP contribution >= 0.6 is 34.8 Å². The molecule has 51 heavy (non-hydrogen) atoms. The maximum absolute atomic E-state index is 13.6. The zero-order chi connectivity index (χ0) is 36.1. The smallest absolute Gasteiger partial charge is 0.277 e. The number of benzene rings is 2. The molecular formula is C35H31Cl3N6O7. The SMILES string of the molecule is Cc1cc(CO)cn(C(O[C@@H](Cc2noc(Cn3ccc(CO)c(Cl)c3=O)n2)c2ccc(Cl)cc2)c2nc(CCc3ccc(Cl)cc3)no2)c1=O. The van der Waals surface area contributed by atoms with Gasteiger partial charge in [0.05, 0.1) is 19.3 Å². The molecule has 264 valence electrons. The summed E-state index contributed by atoms with van der Waals surface area (Å²) in [6.07, 6.45) is 1.98. The molecule has 0 spiro atoms. The molecule has 0 saturated carbocycles. The lowest BCUT2D eigenvalue weighted by Gasteiger charge is -2.24. The van der Waals surface area contributed by atoms with Crippen LogP contribution in [0.2, 0.25) is 15.1 Å². The van der Waals surface area contributed by atoms with Crippen molar-refractivity contribution in [1.82, 2.24) is 29.4 Å². The fraction of sp³-hybridized carbons (Fsp3) is 0.257. The maximum Gasteiger partial charge on any atom is 0.277 e. The Morgan fingerprint density at radius 2 is 1.53 bits per heavy atom. The summed E-state index contributed by atoms with van der Waals surface area (Å²) in [7, 11) is 0. The number of aromatic nitrogens is 6. The summed E-state index contributed by atoms with van der Waals surface area (Å²) in [5.74, 6) is 0.755. The zero-order valence-electron chi connectivity index (χ0n) is 27.1. The average molecular weight is 754 g/mol. The highest BCUT2D eigenvalue weighted by Gasteiger charge is 2.30. The van der Waals surface area contributed by atoms with Crippen LogP contribution in [-0.2, 0) is 43.8 Å². The first kappa shape index (κ1) is 36.2. The highest BCUT2D eigenvalue weighted by atomic mass is 35.5. The summed E-state index contributed by atoms with van der Waals surface area (Å²) in [6, 6.07) is 17.5. The Morgan fingerprint density at radius 3 is 2.24 bits per heavy atom. The third-order valence-electron chi connectivity index (χ3n) is 8.03. The van der Waals surface area contributed by atoms with Crippen molar-refractivity contribution in [1.29, 1.82) is 0 Å². The van der Waals surface area contributed by atoms with Gasteiger partial charge in [0.2, 0.25) is 12.1 Å². The lowest BCUT2D eigenvalue weighted by molar-refractivity contribution is -0.0502. The van der Waals surface area contributed by atoms with Crippen molar-refractivity contribution in [3.8, 4) is 0 Å². The summed E-state index contributed by atoms with van der Waals surface area (Å²) in [5, 5.41) is 28.7. The van der Waals surface area contributed by atoms with Gasteiger partial charge in [-0.05, 0) is 66.4 Å². The fourth-order valence-corrected chi connectivity index (χ4v) is 5.84. The van der Waals surface area contributed by atoms with Crippen LogP contribution in [0.15, 0.2) is 91.7 Å². The van der Waals surface area contributed by atoms with Crippen molar-refractivity contribution in [2.75, 3.05) is 0 Å². The topological polar surface area (TPSA) is 172 Å². The van der Waals surface area contributed by atoms with Gasteiger partial charge in [0.1, 0.15) is 11.6 Å². The number of halogens is 3. The molecule has 0 saturated heterocycles. The Bertz CT molecular complexity index is 2230. The van der Waals surface area contributed by atoms with Gasteiger partial charge in [-0.2, -0.15) is 9.97 Å². The summed E-state index contributed by atoms with van der Waals surface area (Å²) in [4.78, 5) is 35.4. The molecular weight excluding hydrogens is 723 g/mol. The van der Waals surface area contributed by atoms with E-state index in [2.05, 4.69) is 20.3 Å². The number of aryl methyl sites for hydroxylation is 3. The quantitative estimate of drug-likeness (QED) is 0.146. The third kappa shape index (κ3) is 8.64. The third-order valence-corrected chi connectivity index (χ3v) is 8.94. The molecule has 0 aliphatic rings. The number of pyridine rings is 2. The van der Waals surface area contributed by atoms with Gasteiger partial charge in [0, 0.05) is 46.4 Å². The van der Waals surface area contributed by atoms with Crippen molar-refractivity contribution in [2.24, 2.45) is 0 Å². The van der Waals surface area contributed by atoms with E-state index in [1.807, 2.05) is 12.1 Å². The van der Waals surface area contributed by atoms with E-state index in [4.69, 9.17) is 48.6 Å². The van der Waals surface area contributed by atoms with Crippen LogP contribution in [-0.4, -0.2) is 39.6 Å². The van der Waals surface area contributed by atoms with Crippen LogP contribution in [0.3, 0.4) is 0 Å². The molecule has 4 aromatic heterocycles. The molecule has 2 atom stereocenters. The van der Waals surface area contributed by atoms with Crippen LogP contribution < -0.4 is 11.1 Å². The largest absolute Gasteiger partial charge is 0.392 e. The second kappa shape index (κ2) is 16.1. The molecule has 2 aromatic carbocycles. The van der Waals surface area contributed by atoms with E-state index in [1.54, 1.807) is 49.4 Å². The van der Waals surface area contributed by atoms with Gasteiger partial charge in [0.25, 0.3) is 17.0 Å². The maximum atomic E-state index is 13.6. The Morgan fingerprint density at radius 1 is 0.824 bits per heavy atom. The van der Waals surface area contributed by atoms with Crippen molar-refractivity contribution < 1.29 is 24.0 Å². The first-order chi connectivity index (χ1) is 24.6. The molecule has 16 heteroatoms. The summed E-state index contributed by atoms with van der Waals surface area (Å²) in [6.45, 7) is 0.855. The van der Waals surface area contributed by atoms with Crippen LogP contribution in [0.4, 0.5) is 0 Å². The van der Waals surface area contributed by atoms with Crippen molar-refractivity contribution in [3.05, 3.63) is 160 Å². The number of aliphatic hydroxyl groups is 2. The molecule has 0 bridgehead atoms. The van der Waals surface area contributed by atoms with E-state index >= 15 is 0 Å². The normalized spacial score (nSPS) is 12.7. The predicted molar refractivity (Wildman–Crippen MR) is 187 cm³/mol. The molecule has 13 nitrogen and oxygen atoms in total. The molecule has 0 aliphatic heterocycles. The van der Waals surface area contributed by atoms with Crippen LogP contribution in [0.25, 0.3) is 0 Å². The van der Waals surface area contributed by atoms with E-state index in [0.717, 1.165) is 5.56 Å². The van der Waals surface area contributed by atoms with Gasteiger partial charge in [0.15, 0.2) is 11.6 Å². The Labute approximate surface area is 305 Å². The van der Waals surface area contributed by atoms with Crippen molar-refractivity contribution in [3.63, 3.8) is 0 Å². The van der Waals surface area contributed by atoms with Gasteiger partial charge in [-0.25, -0.2) is 0 Å². The van der Waals surface area contributed by atoms with E-state index in [0.29, 0.717) is 51.0 Å². The number of hydrogen-bond donors (Lipinski definition) is 2. The van der Waals surface area contributed by atoms with Crippen LogP contribution in [0.1, 0.15) is 63.6 Å². The Kier molecular flexibility index (Phi) is 11.5. The van der Waals surface area contributed by atoms with Gasteiger partial charge >= 0.3 is 0 Å². The molecule has 0 fully saturated rings. The summed E-state index contributed by atoms with van der Waals surface area (Å²) >= 11 is 18.4. The molecule has 0 aliphatic carbocycles. The monoisotopic (exact) mass is 752 g/mol. The highest BCUT2D eigenvalue weighted by molar-refractivity contribution is 6.31. The lowest BCUT2D eigenvalue weighted by atomic mass is 10.1. The minimum Gasteiger partial charge on any atom is -0.392 e. The minimum absolute atomic E-state index is 0.00744. The molecule has 6 rings (SSSR count). The van der Waals surface area contributed by atoms with E-state index in [-0.39, 0.29) is 48.8 Å². The number of hydrogen-bond acceptors (Lipinski definition) is 11. The number of ether oxygens (including phenoxy) is 1. The molecule has 6 aromatic rings. The van der Waals surface area contributed by atoms with Crippen LogP contribution in [0, 0.1) is 6.92 Å². The van der Waals surface area contributed by atoms with E-state index in [1.165, 1.54) is 27.6 Å². The summed E-state index contributed by atoms with van der Waals surface area (Å²) in [5.41, 5.74) is 1.90. The molecule has 1 unspecified atom stereocenters. The Hall–Kier alpha value is -4.63. The minimum atomic E-state index is -1.24. The lowest BCUT2D eigenvalue weighted by Crippen LogP contribution is -2.30. The van der Waals surface area contributed by atoms with Gasteiger partial charge in [-0.15, -0.1) is 0 Å². The molecule has 0 amide bonds. The number of nitrogens with zero attached hydrogens (tertiary/aromatic N) is 6.